The summed E-state index contributed by atoms with van der Waals surface area (Å²) in [6.45, 7) is 5.32. The summed E-state index contributed by atoms with van der Waals surface area (Å²) >= 11 is 0. The Labute approximate surface area is 160 Å². The predicted octanol–water partition coefficient (Wildman–Crippen LogP) is 3.39. The summed E-state index contributed by atoms with van der Waals surface area (Å²) in [4.78, 5) is 25.0. The van der Waals surface area contributed by atoms with Crippen LogP contribution in [0.3, 0.4) is 0 Å². The zero-order chi connectivity index (χ0) is 19.2. The van der Waals surface area contributed by atoms with Gasteiger partial charge in [-0.05, 0) is 55.5 Å². The van der Waals surface area contributed by atoms with E-state index in [9.17, 15) is 9.59 Å². The fraction of sp³-hybridized carbons (Fsp3) is 0.364. The van der Waals surface area contributed by atoms with Crippen LogP contribution in [0.15, 0.2) is 42.5 Å². The summed E-state index contributed by atoms with van der Waals surface area (Å²) in [5, 5.41) is 5.77. The van der Waals surface area contributed by atoms with Gasteiger partial charge in [0, 0.05) is 13.2 Å². The van der Waals surface area contributed by atoms with Crippen LogP contribution in [-0.2, 0) is 16.0 Å². The Morgan fingerprint density at radius 1 is 1.11 bits per heavy atom. The highest BCUT2D eigenvalue weighted by atomic mass is 16.5. The Hall–Kier alpha value is -2.66. The van der Waals surface area contributed by atoms with Crippen molar-refractivity contribution in [3.05, 3.63) is 64.7 Å². The van der Waals surface area contributed by atoms with Crippen LogP contribution in [0.4, 0.5) is 5.69 Å². The van der Waals surface area contributed by atoms with Gasteiger partial charge in [0.2, 0.25) is 5.91 Å². The smallest absolute Gasteiger partial charge is 0.253 e. The Balaban J connectivity index is 1.63. The fourth-order valence-electron chi connectivity index (χ4n) is 3.19. The number of hydrogen-bond donors (Lipinski definition) is 2. The lowest BCUT2D eigenvalue weighted by molar-refractivity contribution is -0.115. The van der Waals surface area contributed by atoms with Gasteiger partial charge in [-0.3, -0.25) is 9.59 Å². The van der Waals surface area contributed by atoms with Crippen LogP contribution >= 0.6 is 0 Å². The Kier molecular flexibility index (Phi) is 6.24. The van der Waals surface area contributed by atoms with E-state index >= 15 is 0 Å². The second-order valence-electron chi connectivity index (χ2n) is 7.03. The summed E-state index contributed by atoms with van der Waals surface area (Å²) in [7, 11) is 0. The minimum atomic E-state index is -0.201. The number of anilines is 1. The average Bonchev–Trinajstić information content (AvgIpc) is 3.17. The number of carbonyl (C=O) groups is 2. The number of aryl methyl sites for hydroxylation is 2. The summed E-state index contributed by atoms with van der Waals surface area (Å²) in [6.07, 6.45) is 2.35. The van der Waals surface area contributed by atoms with E-state index in [0.29, 0.717) is 17.8 Å². The predicted molar refractivity (Wildman–Crippen MR) is 106 cm³/mol. The molecule has 142 valence electrons. The quantitative estimate of drug-likeness (QED) is 0.823. The number of para-hydroxylation sites is 1. The molecule has 0 radical (unpaired) electrons. The van der Waals surface area contributed by atoms with E-state index in [-0.39, 0.29) is 24.3 Å². The zero-order valence-corrected chi connectivity index (χ0v) is 15.9. The van der Waals surface area contributed by atoms with Crippen molar-refractivity contribution in [2.24, 2.45) is 0 Å². The maximum atomic E-state index is 12.5. The molecule has 1 atom stereocenters. The lowest BCUT2D eigenvalue weighted by Crippen LogP contribution is -2.32. The van der Waals surface area contributed by atoms with Crippen molar-refractivity contribution in [3.63, 3.8) is 0 Å². The summed E-state index contributed by atoms with van der Waals surface area (Å²) in [6, 6.07) is 13.1. The summed E-state index contributed by atoms with van der Waals surface area (Å²) < 4.78 is 5.53. The van der Waals surface area contributed by atoms with Gasteiger partial charge in [-0.15, -0.1) is 0 Å². The fourth-order valence-corrected chi connectivity index (χ4v) is 3.19. The molecule has 1 aliphatic rings. The monoisotopic (exact) mass is 366 g/mol. The summed E-state index contributed by atoms with van der Waals surface area (Å²) in [5.41, 5.74) is 4.30. The topological polar surface area (TPSA) is 67.4 Å². The van der Waals surface area contributed by atoms with Crippen LogP contribution in [0.1, 0.15) is 39.9 Å². The van der Waals surface area contributed by atoms with Gasteiger partial charge in [0.05, 0.1) is 23.8 Å². The molecule has 0 bridgehead atoms. The second-order valence-corrected chi connectivity index (χ2v) is 7.03. The van der Waals surface area contributed by atoms with Gasteiger partial charge < -0.3 is 15.4 Å². The first-order valence-corrected chi connectivity index (χ1v) is 9.38. The Bertz CT molecular complexity index is 826. The SMILES string of the molecule is Cc1ccc(CC(=O)Nc2ccccc2C(=O)NCC2CCCO2)cc1C. The van der Waals surface area contributed by atoms with Gasteiger partial charge in [-0.2, -0.15) is 0 Å². The maximum absolute atomic E-state index is 12.5. The first-order chi connectivity index (χ1) is 13.0. The molecule has 3 rings (SSSR count). The van der Waals surface area contributed by atoms with Crippen molar-refractivity contribution in [2.45, 2.75) is 39.2 Å². The van der Waals surface area contributed by atoms with Crippen molar-refractivity contribution in [1.82, 2.24) is 5.32 Å². The third-order valence-corrected chi connectivity index (χ3v) is 4.90. The molecule has 2 N–H and O–H groups in total. The highest BCUT2D eigenvalue weighted by molar-refractivity contribution is 6.04. The van der Waals surface area contributed by atoms with E-state index in [1.54, 1.807) is 18.2 Å². The van der Waals surface area contributed by atoms with Crippen LogP contribution in [0.2, 0.25) is 0 Å². The zero-order valence-electron chi connectivity index (χ0n) is 15.9. The lowest BCUT2D eigenvalue weighted by atomic mass is 10.0. The molecule has 1 fully saturated rings. The van der Waals surface area contributed by atoms with E-state index < -0.39 is 0 Å². The van der Waals surface area contributed by atoms with Crippen LogP contribution in [0.5, 0.6) is 0 Å². The van der Waals surface area contributed by atoms with E-state index in [1.807, 2.05) is 38.1 Å². The number of amides is 2. The third-order valence-electron chi connectivity index (χ3n) is 4.90. The molecule has 1 heterocycles. The largest absolute Gasteiger partial charge is 0.376 e. The molecule has 0 aliphatic carbocycles. The molecule has 0 aromatic heterocycles. The van der Waals surface area contributed by atoms with E-state index in [4.69, 9.17) is 4.74 Å². The van der Waals surface area contributed by atoms with E-state index in [0.717, 1.165) is 30.6 Å². The van der Waals surface area contributed by atoms with Crippen molar-refractivity contribution in [2.75, 3.05) is 18.5 Å². The highest BCUT2D eigenvalue weighted by Gasteiger charge is 2.18. The minimum absolute atomic E-state index is 0.0838. The van der Waals surface area contributed by atoms with Gasteiger partial charge >= 0.3 is 0 Å². The lowest BCUT2D eigenvalue weighted by Gasteiger charge is -2.14. The molecule has 1 saturated heterocycles. The number of ether oxygens (including phenoxy) is 1. The van der Waals surface area contributed by atoms with Crippen molar-refractivity contribution in [3.8, 4) is 0 Å². The first kappa shape index (κ1) is 19.1. The third kappa shape index (κ3) is 5.17. The van der Waals surface area contributed by atoms with Crippen molar-refractivity contribution < 1.29 is 14.3 Å². The van der Waals surface area contributed by atoms with Crippen LogP contribution in [0, 0.1) is 13.8 Å². The standard InChI is InChI=1S/C22H26N2O3/c1-15-9-10-17(12-16(15)2)13-21(25)24-20-8-4-3-7-19(20)22(26)23-14-18-6-5-11-27-18/h3-4,7-10,12,18H,5-6,11,13-14H2,1-2H3,(H,23,26)(H,24,25). The number of carbonyl (C=O) groups excluding carboxylic acids is 2. The van der Waals surface area contributed by atoms with Gasteiger partial charge in [0.25, 0.3) is 5.91 Å². The molecule has 0 spiro atoms. The van der Waals surface area contributed by atoms with E-state index in [1.165, 1.54) is 5.56 Å². The molecule has 1 unspecified atom stereocenters. The molecule has 27 heavy (non-hydrogen) atoms. The molecule has 1 aliphatic heterocycles. The minimum Gasteiger partial charge on any atom is -0.376 e. The van der Waals surface area contributed by atoms with Crippen LogP contribution < -0.4 is 10.6 Å². The first-order valence-electron chi connectivity index (χ1n) is 9.38. The normalized spacial score (nSPS) is 16.1. The molecule has 2 amide bonds. The number of benzene rings is 2. The molecule has 5 nitrogen and oxygen atoms in total. The van der Waals surface area contributed by atoms with Crippen LogP contribution in [0.25, 0.3) is 0 Å². The van der Waals surface area contributed by atoms with Gasteiger partial charge in [-0.1, -0.05) is 30.3 Å². The summed E-state index contributed by atoms with van der Waals surface area (Å²) in [5.74, 6) is -0.342. The van der Waals surface area contributed by atoms with Gasteiger partial charge in [-0.25, -0.2) is 0 Å². The van der Waals surface area contributed by atoms with Gasteiger partial charge in [0.1, 0.15) is 0 Å². The number of hydrogen-bond acceptors (Lipinski definition) is 3. The number of nitrogens with one attached hydrogen (secondary N) is 2. The van der Waals surface area contributed by atoms with E-state index in [2.05, 4.69) is 10.6 Å². The maximum Gasteiger partial charge on any atom is 0.253 e. The average molecular weight is 366 g/mol. The molecule has 2 aromatic rings. The number of rotatable bonds is 6. The molecule has 5 heteroatoms. The Morgan fingerprint density at radius 2 is 1.93 bits per heavy atom. The van der Waals surface area contributed by atoms with Gasteiger partial charge in [0.15, 0.2) is 0 Å². The second kappa shape index (κ2) is 8.82. The Morgan fingerprint density at radius 3 is 2.67 bits per heavy atom. The highest BCUT2D eigenvalue weighted by Crippen LogP contribution is 2.17. The molecular weight excluding hydrogens is 340 g/mol. The molecule has 2 aromatic carbocycles. The molecule has 0 saturated carbocycles. The van der Waals surface area contributed by atoms with Crippen molar-refractivity contribution >= 4 is 17.5 Å². The van der Waals surface area contributed by atoms with Crippen molar-refractivity contribution in [1.29, 1.82) is 0 Å². The van der Waals surface area contributed by atoms with Crippen LogP contribution in [-0.4, -0.2) is 31.1 Å². The molecular formula is C22H26N2O3.